The second-order valence-electron chi connectivity index (χ2n) is 9.63. The minimum absolute atomic E-state index is 0.00839. The van der Waals surface area contributed by atoms with Crippen LogP contribution < -0.4 is 15.0 Å². The Hall–Kier alpha value is -3.84. The van der Waals surface area contributed by atoms with Crippen LogP contribution in [0.15, 0.2) is 78.9 Å². The minimum atomic E-state index is -0.386. The third-order valence-electron chi connectivity index (χ3n) is 6.99. The van der Waals surface area contributed by atoms with E-state index in [1.165, 1.54) is 12.6 Å². The van der Waals surface area contributed by atoms with Gasteiger partial charge in [-0.3, -0.25) is 14.5 Å². The zero-order valence-corrected chi connectivity index (χ0v) is 21.1. The molecule has 3 aromatic carbocycles. The molecule has 2 unspecified atom stereocenters. The van der Waals surface area contributed by atoms with Gasteiger partial charge in [0.2, 0.25) is 5.91 Å². The molecule has 2 aliphatic rings. The summed E-state index contributed by atoms with van der Waals surface area (Å²) in [6, 6.07) is 26.3. The zero-order valence-electron chi connectivity index (χ0n) is 21.1. The predicted molar refractivity (Wildman–Crippen MR) is 144 cm³/mol. The van der Waals surface area contributed by atoms with Gasteiger partial charge in [0, 0.05) is 69.4 Å². The van der Waals surface area contributed by atoms with Crippen LogP contribution in [-0.4, -0.2) is 62.2 Å². The van der Waals surface area contributed by atoms with Crippen LogP contribution in [0, 0.1) is 0 Å². The van der Waals surface area contributed by atoms with Crippen LogP contribution >= 0.6 is 0 Å². The Balaban J connectivity index is 1.21. The second-order valence-corrected chi connectivity index (χ2v) is 9.63. The molecule has 2 atom stereocenters. The van der Waals surface area contributed by atoms with Crippen LogP contribution in [0.1, 0.15) is 30.4 Å². The number of hydrogen-bond donors (Lipinski definition) is 1. The van der Waals surface area contributed by atoms with E-state index in [1.54, 1.807) is 0 Å². The van der Waals surface area contributed by atoms with Gasteiger partial charge in [-0.1, -0.05) is 54.6 Å². The lowest BCUT2D eigenvalue weighted by Crippen LogP contribution is -2.50. The van der Waals surface area contributed by atoms with Crippen LogP contribution in [-0.2, 0) is 14.3 Å². The number of nitrogens with zero attached hydrogens (tertiary/aromatic N) is 2. The Morgan fingerprint density at radius 1 is 0.973 bits per heavy atom. The van der Waals surface area contributed by atoms with Crippen LogP contribution in [0.4, 0.5) is 11.4 Å². The number of esters is 1. The summed E-state index contributed by atoms with van der Waals surface area (Å²) in [4.78, 5) is 28.9. The van der Waals surface area contributed by atoms with Crippen molar-refractivity contribution in [1.29, 1.82) is 0 Å². The van der Waals surface area contributed by atoms with Gasteiger partial charge in [-0.05, 0) is 29.3 Å². The molecule has 0 aliphatic carbocycles. The maximum absolute atomic E-state index is 12.4. The van der Waals surface area contributed by atoms with Crippen LogP contribution in [0.3, 0.4) is 0 Å². The number of ether oxygens (including phenoxy) is 2. The predicted octanol–water partition coefficient (Wildman–Crippen LogP) is 4.29. The normalized spacial score (nSPS) is 18.5. The number of anilines is 2. The van der Waals surface area contributed by atoms with Gasteiger partial charge in [-0.2, -0.15) is 0 Å². The van der Waals surface area contributed by atoms with Crippen LogP contribution in [0.25, 0.3) is 0 Å². The van der Waals surface area contributed by atoms with Gasteiger partial charge in [0.15, 0.2) is 0 Å². The molecular weight excluding hydrogens is 466 g/mol. The number of amides is 1. The van der Waals surface area contributed by atoms with Gasteiger partial charge in [-0.15, -0.1) is 0 Å². The lowest BCUT2D eigenvalue weighted by molar-refractivity contribution is -0.148. The first-order valence-electron chi connectivity index (χ1n) is 12.9. The summed E-state index contributed by atoms with van der Waals surface area (Å²) in [6.07, 6.45) is 0.0342. The summed E-state index contributed by atoms with van der Waals surface area (Å²) < 4.78 is 11.7. The van der Waals surface area contributed by atoms with E-state index in [1.807, 2.05) is 42.5 Å². The van der Waals surface area contributed by atoms with Crippen molar-refractivity contribution < 1.29 is 19.1 Å². The molecule has 5 rings (SSSR count). The molecule has 7 heteroatoms. The van der Waals surface area contributed by atoms with E-state index >= 15 is 0 Å². The Labute approximate surface area is 218 Å². The Morgan fingerprint density at radius 3 is 2.38 bits per heavy atom. The number of hydrogen-bond acceptors (Lipinski definition) is 6. The fourth-order valence-corrected chi connectivity index (χ4v) is 5.18. The first kappa shape index (κ1) is 24.8. The largest absolute Gasteiger partial charge is 0.490 e. The van der Waals surface area contributed by atoms with Crippen molar-refractivity contribution in [2.45, 2.75) is 25.4 Å². The summed E-state index contributed by atoms with van der Waals surface area (Å²) in [5.74, 6) is 0.326. The van der Waals surface area contributed by atoms with Crippen molar-refractivity contribution in [3.63, 3.8) is 0 Å². The molecule has 7 nitrogen and oxygen atoms in total. The van der Waals surface area contributed by atoms with Crippen molar-refractivity contribution in [3.05, 3.63) is 90.0 Å². The molecule has 37 heavy (non-hydrogen) atoms. The van der Waals surface area contributed by atoms with E-state index in [9.17, 15) is 9.59 Å². The summed E-state index contributed by atoms with van der Waals surface area (Å²) in [5.41, 5.74) is 4.19. The molecule has 2 heterocycles. The lowest BCUT2D eigenvalue weighted by Gasteiger charge is -2.37. The van der Waals surface area contributed by atoms with Gasteiger partial charge in [-0.25, -0.2) is 0 Å². The van der Waals surface area contributed by atoms with Crippen LogP contribution in [0.2, 0.25) is 0 Å². The maximum atomic E-state index is 12.4. The summed E-state index contributed by atoms with van der Waals surface area (Å²) in [6.45, 7) is 5.90. The minimum Gasteiger partial charge on any atom is -0.490 e. The van der Waals surface area contributed by atoms with Crippen molar-refractivity contribution in [2.24, 2.45) is 0 Å². The second kappa shape index (κ2) is 11.5. The number of nitrogens with one attached hydrogen (secondary N) is 1. The molecule has 1 amide bonds. The Morgan fingerprint density at radius 2 is 1.68 bits per heavy atom. The third-order valence-corrected chi connectivity index (χ3v) is 6.99. The van der Waals surface area contributed by atoms with E-state index in [0.29, 0.717) is 18.7 Å². The number of fused-ring (bicyclic) bond motifs is 1. The molecule has 1 fully saturated rings. The SMILES string of the molecule is CC(=O)OC(COc1ccc2c(c1)NC(=O)CC2c1ccccc1)CN1CCN(c2ccccc2)CC1. The highest BCUT2D eigenvalue weighted by Gasteiger charge is 2.27. The average Bonchev–Trinajstić information content (AvgIpc) is 2.92. The number of carbonyl (C=O) groups is 2. The lowest BCUT2D eigenvalue weighted by atomic mass is 9.85. The first-order chi connectivity index (χ1) is 18.0. The first-order valence-corrected chi connectivity index (χ1v) is 12.9. The van der Waals surface area contributed by atoms with Crippen molar-refractivity contribution in [1.82, 2.24) is 4.90 Å². The maximum Gasteiger partial charge on any atom is 0.303 e. The highest BCUT2D eigenvalue weighted by Crippen LogP contribution is 2.38. The van der Waals surface area contributed by atoms with Gasteiger partial charge < -0.3 is 19.7 Å². The van der Waals surface area contributed by atoms with E-state index in [2.05, 4.69) is 51.5 Å². The smallest absolute Gasteiger partial charge is 0.303 e. The fraction of sp³-hybridized carbons (Fsp3) is 0.333. The molecule has 1 saturated heterocycles. The molecule has 192 valence electrons. The van der Waals surface area contributed by atoms with Gasteiger partial charge >= 0.3 is 5.97 Å². The number of piperazine rings is 1. The molecule has 0 aromatic heterocycles. The number of para-hydroxylation sites is 1. The zero-order chi connectivity index (χ0) is 25.6. The van der Waals surface area contributed by atoms with E-state index in [0.717, 1.165) is 43.0 Å². The van der Waals surface area contributed by atoms with Gasteiger partial charge in [0.1, 0.15) is 18.5 Å². The Kier molecular flexibility index (Phi) is 7.70. The third kappa shape index (κ3) is 6.30. The molecule has 3 aromatic rings. The number of carbonyl (C=O) groups excluding carboxylic acids is 2. The standard InChI is InChI=1S/C30H33N3O4/c1-22(34)37-26(20-32-14-16-33(17-15-32)24-10-6-3-7-11-24)21-36-25-12-13-27-28(23-8-4-2-5-9-23)19-30(35)31-29(27)18-25/h2-13,18,26,28H,14-17,19-21H2,1H3,(H,31,35). The quantitative estimate of drug-likeness (QED) is 0.466. The van der Waals surface area contributed by atoms with Crippen molar-refractivity contribution in [3.8, 4) is 5.75 Å². The summed E-state index contributed by atoms with van der Waals surface area (Å²) >= 11 is 0. The van der Waals surface area contributed by atoms with E-state index in [-0.39, 0.29) is 30.5 Å². The highest BCUT2D eigenvalue weighted by atomic mass is 16.6. The van der Waals surface area contributed by atoms with Crippen molar-refractivity contribution >= 4 is 23.3 Å². The van der Waals surface area contributed by atoms with Crippen molar-refractivity contribution in [2.75, 3.05) is 49.5 Å². The van der Waals surface area contributed by atoms with E-state index < -0.39 is 0 Å². The summed E-state index contributed by atoms with van der Waals surface area (Å²) in [5, 5.41) is 2.99. The Bertz CT molecular complexity index is 1210. The molecule has 0 radical (unpaired) electrons. The molecule has 0 saturated carbocycles. The topological polar surface area (TPSA) is 71.1 Å². The molecule has 1 N–H and O–H groups in total. The highest BCUT2D eigenvalue weighted by molar-refractivity contribution is 5.95. The molecular formula is C30H33N3O4. The fourth-order valence-electron chi connectivity index (χ4n) is 5.18. The molecule has 0 bridgehead atoms. The van der Waals surface area contributed by atoms with Gasteiger partial charge in [0.25, 0.3) is 0 Å². The van der Waals surface area contributed by atoms with E-state index in [4.69, 9.17) is 9.47 Å². The molecule has 2 aliphatic heterocycles. The number of rotatable bonds is 8. The molecule has 0 spiro atoms. The average molecular weight is 500 g/mol. The van der Waals surface area contributed by atoms with Gasteiger partial charge in [0.05, 0.1) is 0 Å². The monoisotopic (exact) mass is 499 g/mol. The summed E-state index contributed by atoms with van der Waals surface area (Å²) in [7, 11) is 0. The van der Waals surface area contributed by atoms with Crippen LogP contribution in [0.5, 0.6) is 5.75 Å². The number of benzene rings is 3.